The van der Waals surface area contributed by atoms with Gasteiger partial charge in [-0.05, 0) is 37.0 Å². The average Bonchev–Trinajstić information content (AvgIpc) is 2.32. The Kier molecular flexibility index (Phi) is 4.54. The van der Waals surface area contributed by atoms with E-state index in [4.69, 9.17) is 9.47 Å². The first kappa shape index (κ1) is 15.8. The summed E-state index contributed by atoms with van der Waals surface area (Å²) in [6.45, 7) is 4.04. The molecule has 21 heavy (non-hydrogen) atoms. The Labute approximate surface area is 124 Å². The largest absolute Gasteiger partial charge is 0.516 e. The highest BCUT2D eigenvalue weighted by Gasteiger charge is 2.57. The van der Waals surface area contributed by atoms with Crippen LogP contribution in [0.2, 0.25) is 0 Å². The van der Waals surface area contributed by atoms with Crippen molar-refractivity contribution in [1.29, 1.82) is 0 Å². The molecule has 1 spiro atoms. The minimum absolute atomic E-state index is 0.0389. The van der Waals surface area contributed by atoms with Gasteiger partial charge in [0.15, 0.2) is 0 Å². The van der Waals surface area contributed by atoms with Gasteiger partial charge in [0.05, 0.1) is 25.6 Å². The maximum atomic E-state index is 11.8. The highest BCUT2D eigenvalue weighted by Crippen LogP contribution is 2.61. The summed E-state index contributed by atoms with van der Waals surface area (Å²) in [7, 11) is 1.39. The van der Waals surface area contributed by atoms with Crippen LogP contribution in [0.5, 0.6) is 0 Å². The van der Waals surface area contributed by atoms with E-state index in [9.17, 15) is 14.4 Å². The SMILES string of the molecule is COC(=O)C1CC2(C1)CC(C(=O)OC(=O)OCC(C)C)C2. The molecule has 6 heteroatoms. The van der Waals surface area contributed by atoms with Crippen molar-refractivity contribution in [3.63, 3.8) is 0 Å². The van der Waals surface area contributed by atoms with Crippen LogP contribution in [0.15, 0.2) is 0 Å². The summed E-state index contributed by atoms with van der Waals surface area (Å²) in [6, 6.07) is 0. The number of carbonyl (C=O) groups is 3. The third-order valence-corrected chi connectivity index (χ3v) is 4.30. The van der Waals surface area contributed by atoms with Crippen molar-refractivity contribution >= 4 is 18.1 Å². The number of carbonyl (C=O) groups excluding carboxylic acids is 3. The van der Waals surface area contributed by atoms with Crippen LogP contribution in [0, 0.1) is 23.2 Å². The molecule has 0 aromatic heterocycles. The average molecular weight is 298 g/mol. The summed E-state index contributed by atoms with van der Waals surface area (Å²) in [5.74, 6) is -0.789. The van der Waals surface area contributed by atoms with Gasteiger partial charge >= 0.3 is 18.1 Å². The van der Waals surface area contributed by atoms with E-state index in [2.05, 4.69) is 4.74 Å². The van der Waals surface area contributed by atoms with Crippen LogP contribution in [0.4, 0.5) is 4.79 Å². The topological polar surface area (TPSA) is 78.9 Å². The lowest BCUT2D eigenvalue weighted by molar-refractivity contribution is -0.170. The second-order valence-electron chi connectivity index (χ2n) is 6.61. The molecule has 2 rings (SSSR count). The van der Waals surface area contributed by atoms with Crippen LogP contribution in [-0.2, 0) is 23.8 Å². The number of hydrogen-bond donors (Lipinski definition) is 0. The molecular formula is C15H22O6. The van der Waals surface area contributed by atoms with Gasteiger partial charge in [0, 0.05) is 0 Å². The molecule has 118 valence electrons. The van der Waals surface area contributed by atoms with Crippen LogP contribution in [0.1, 0.15) is 39.5 Å². The molecule has 0 aromatic rings. The van der Waals surface area contributed by atoms with Crippen LogP contribution in [0.25, 0.3) is 0 Å². The van der Waals surface area contributed by atoms with Crippen molar-refractivity contribution in [1.82, 2.24) is 0 Å². The highest BCUT2D eigenvalue weighted by molar-refractivity contribution is 5.84. The van der Waals surface area contributed by atoms with E-state index < -0.39 is 12.1 Å². The molecule has 0 aliphatic heterocycles. The first-order valence-corrected chi connectivity index (χ1v) is 7.31. The van der Waals surface area contributed by atoms with Crippen molar-refractivity contribution in [2.75, 3.05) is 13.7 Å². The Morgan fingerprint density at radius 2 is 1.57 bits per heavy atom. The van der Waals surface area contributed by atoms with Gasteiger partial charge in [-0.2, -0.15) is 0 Å². The molecule has 2 aliphatic rings. The quantitative estimate of drug-likeness (QED) is 0.585. The second-order valence-corrected chi connectivity index (χ2v) is 6.61. The van der Waals surface area contributed by atoms with Crippen molar-refractivity contribution in [2.45, 2.75) is 39.5 Å². The van der Waals surface area contributed by atoms with Gasteiger partial charge in [-0.25, -0.2) is 4.79 Å². The predicted octanol–water partition coefficient (Wildman–Crippen LogP) is 2.30. The van der Waals surface area contributed by atoms with E-state index in [1.807, 2.05) is 13.8 Å². The molecule has 0 atom stereocenters. The van der Waals surface area contributed by atoms with E-state index >= 15 is 0 Å². The first-order chi connectivity index (χ1) is 9.85. The highest BCUT2D eigenvalue weighted by atomic mass is 16.7. The first-order valence-electron chi connectivity index (χ1n) is 7.31. The third kappa shape index (κ3) is 3.54. The molecule has 0 bridgehead atoms. The Balaban J connectivity index is 1.67. The fourth-order valence-corrected chi connectivity index (χ4v) is 3.23. The van der Waals surface area contributed by atoms with E-state index in [-0.39, 0.29) is 35.7 Å². The lowest BCUT2D eigenvalue weighted by Crippen LogP contribution is -2.52. The number of hydrogen-bond acceptors (Lipinski definition) is 6. The van der Waals surface area contributed by atoms with Crippen LogP contribution in [0.3, 0.4) is 0 Å². The summed E-state index contributed by atoms with van der Waals surface area (Å²) in [4.78, 5) is 34.4. The van der Waals surface area contributed by atoms with E-state index in [1.54, 1.807) is 0 Å². The lowest BCUT2D eigenvalue weighted by Gasteiger charge is -2.55. The summed E-state index contributed by atoms with van der Waals surface area (Å²) < 4.78 is 14.2. The fraction of sp³-hybridized carbons (Fsp3) is 0.800. The third-order valence-electron chi connectivity index (χ3n) is 4.30. The Hall–Kier alpha value is -1.59. The van der Waals surface area contributed by atoms with Crippen LogP contribution >= 0.6 is 0 Å². The number of ether oxygens (including phenoxy) is 3. The summed E-state index contributed by atoms with van der Waals surface area (Å²) in [6.07, 6.45) is 1.96. The molecular weight excluding hydrogens is 276 g/mol. The van der Waals surface area contributed by atoms with E-state index in [0.717, 1.165) is 12.8 Å². The molecule has 2 aliphatic carbocycles. The predicted molar refractivity (Wildman–Crippen MR) is 72.2 cm³/mol. The molecule has 0 unspecified atom stereocenters. The van der Waals surface area contributed by atoms with Crippen molar-refractivity contribution < 1.29 is 28.6 Å². The molecule has 0 radical (unpaired) electrons. The van der Waals surface area contributed by atoms with Gasteiger partial charge in [0.25, 0.3) is 0 Å². The Morgan fingerprint density at radius 1 is 1.05 bits per heavy atom. The zero-order valence-corrected chi connectivity index (χ0v) is 12.7. The zero-order valence-electron chi connectivity index (χ0n) is 12.7. The normalized spacial score (nSPS) is 30.3. The van der Waals surface area contributed by atoms with Gasteiger partial charge in [-0.1, -0.05) is 13.8 Å². The van der Waals surface area contributed by atoms with Crippen molar-refractivity contribution in [3.8, 4) is 0 Å². The van der Waals surface area contributed by atoms with Crippen molar-refractivity contribution in [3.05, 3.63) is 0 Å². The maximum Gasteiger partial charge on any atom is 0.516 e. The zero-order chi connectivity index (χ0) is 15.6. The van der Waals surface area contributed by atoms with Gasteiger partial charge in [0.1, 0.15) is 0 Å². The Bertz CT molecular complexity index is 427. The van der Waals surface area contributed by atoms with Crippen molar-refractivity contribution in [2.24, 2.45) is 23.2 Å². The molecule has 2 saturated carbocycles. The lowest BCUT2D eigenvalue weighted by atomic mass is 9.48. The van der Waals surface area contributed by atoms with E-state index in [1.165, 1.54) is 7.11 Å². The minimum Gasteiger partial charge on any atom is -0.469 e. The molecule has 2 fully saturated rings. The molecule has 0 aromatic carbocycles. The van der Waals surface area contributed by atoms with E-state index in [0.29, 0.717) is 12.8 Å². The molecule has 0 saturated heterocycles. The minimum atomic E-state index is -0.921. The molecule has 0 amide bonds. The number of rotatable bonds is 4. The Morgan fingerprint density at radius 3 is 2.05 bits per heavy atom. The van der Waals surface area contributed by atoms with Gasteiger partial charge in [-0.3, -0.25) is 9.59 Å². The fourth-order valence-electron chi connectivity index (χ4n) is 3.23. The molecule has 6 nitrogen and oxygen atoms in total. The molecule has 0 heterocycles. The summed E-state index contributed by atoms with van der Waals surface area (Å²) in [5, 5.41) is 0. The second kappa shape index (κ2) is 6.03. The molecule has 0 N–H and O–H groups in total. The summed E-state index contributed by atoms with van der Waals surface area (Å²) in [5.41, 5.74) is 0.0738. The monoisotopic (exact) mass is 298 g/mol. The van der Waals surface area contributed by atoms with Gasteiger partial charge < -0.3 is 14.2 Å². The maximum absolute atomic E-state index is 11.8. The number of methoxy groups -OCH3 is 1. The van der Waals surface area contributed by atoms with Gasteiger partial charge in [-0.15, -0.1) is 0 Å². The van der Waals surface area contributed by atoms with Crippen LogP contribution < -0.4 is 0 Å². The van der Waals surface area contributed by atoms with Crippen LogP contribution in [-0.4, -0.2) is 31.8 Å². The summed E-state index contributed by atoms with van der Waals surface area (Å²) >= 11 is 0. The smallest absolute Gasteiger partial charge is 0.469 e. The number of esters is 2. The van der Waals surface area contributed by atoms with Gasteiger partial charge in [0.2, 0.25) is 0 Å². The standard InChI is InChI=1S/C15H22O6/c1-9(2)8-20-14(18)21-13(17)11-6-15(7-11)4-10(5-15)12(16)19-3/h9-11H,4-8H2,1-3H3.